The molecule has 1 heterocycles. The van der Waals surface area contributed by atoms with E-state index < -0.39 is 16.3 Å². The van der Waals surface area contributed by atoms with E-state index in [9.17, 15) is 4.79 Å². The Morgan fingerprint density at radius 1 is 1.21 bits per heavy atom. The molecule has 0 aromatic rings. The molecule has 0 saturated carbocycles. The number of carbonyl (C=O) groups excluding carboxylic acids is 1. The highest BCUT2D eigenvalue weighted by Gasteiger charge is 2.51. The van der Waals surface area contributed by atoms with Gasteiger partial charge in [0.1, 0.15) is 8.07 Å². The Balaban J connectivity index is 2.79. The smallest absolute Gasteiger partial charge is 0.217 e. The van der Waals surface area contributed by atoms with Crippen LogP contribution in [0.1, 0.15) is 33.6 Å². The normalized spacial score (nSPS) is 20.7. The number of amides is 1. The number of hydrogen-bond acceptors (Lipinski definition) is 1. The van der Waals surface area contributed by atoms with Crippen LogP contribution in [0.2, 0.25) is 37.8 Å². The van der Waals surface area contributed by atoms with Gasteiger partial charge in [0.25, 0.3) is 0 Å². The molecule has 0 radical (unpaired) electrons. The first kappa shape index (κ1) is 16.5. The van der Waals surface area contributed by atoms with Gasteiger partial charge in [-0.05, 0) is 5.04 Å². The van der Waals surface area contributed by atoms with Gasteiger partial charge in [-0.1, -0.05) is 53.5 Å². The van der Waals surface area contributed by atoms with Crippen molar-refractivity contribution in [1.29, 1.82) is 0 Å². The molecule has 1 atom stereocenters. The predicted molar refractivity (Wildman–Crippen MR) is 88.2 cm³/mol. The molecular weight excluding hydrogens is 266 g/mol. The Kier molecular flexibility index (Phi) is 4.43. The number of nitrogens with zero attached hydrogens (tertiary/aromatic N) is 1. The van der Waals surface area contributed by atoms with Crippen molar-refractivity contribution in [1.82, 2.24) is 4.57 Å². The van der Waals surface area contributed by atoms with Crippen molar-refractivity contribution in [2.75, 3.05) is 0 Å². The van der Waals surface area contributed by atoms with E-state index in [2.05, 4.69) is 69.5 Å². The molecule has 1 unspecified atom stereocenters. The van der Waals surface area contributed by atoms with Gasteiger partial charge in [-0.2, -0.15) is 0 Å². The Morgan fingerprint density at radius 3 is 2.11 bits per heavy atom. The molecule has 1 amide bonds. The van der Waals surface area contributed by atoms with Crippen LogP contribution >= 0.6 is 0 Å². The zero-order valence-electron chi connectivity index (χ0n) is 13.8. The van der Waals surface area contributed by atoms with Gasteiger partial charge in [0, 0.05) is 18.9 Å². The molecule has 0 aromatic carbocycles. The highest BCUT2D eigenvalue weighted by Crippen LogP contribution is 2.43. The van der Waals surface area contributed by atoms with Crippen molar-refractivity contribution in [2.24, 2.45) is 0 Å². The van der Waals surface area contributed by atoms with Crippen LogP contribution in [0.15, 0.2) is 0 Å². The molecule has 2 nitrogen and oxygen atoms in total. The van der Waals surface area contributed by atoms with E-state index in [0.29, 0.717) is 18.4 Å². The molecule has 4 heteroatoms. The van der Waals surface area contributed by atoms with Gasteiger partial charge in [-0.25, -0.2) is 0 Å². The summed E-state index contributed by atoms with van der Waals surface area (Å²) in [5.41, 5.74) is 3.41. The summed E-state index contributed by atoms with van der Waals surface area (Å²) in [6, 6.07) is 0.372. The summed E-state index contributed by atoms with van der Waals surface area (Å²) in [4.78, 5) is 12.0. The van der Waals surface area contributed by atoms with Crippen molar-refractivity contribution < 1.29 is 4.79 Å². The second kappa shape index (κ2) is 5.10. The van der Waals surface area contributed by atoms with Crippen molar-refractivity contribution in [3.63, 3.8) is 0 Å². The maximum atomic E-state index is 12.0. The lowest BCUT2D eigenvalue weighted by atomic mass is 10.0. The van der Waals surface area contributed by atoms with E-state index in [0.717, 1.165) is 6.42 Å². The molecular formula is C15H29NOSi2. The third-order valence-electron chi connectivity index (χ3n) is 4.28. The molecule has 0 aliphatic carbocycles. The quantitative estimate of drug-likeness (QED) is 0.430. The molecule has 1 rings (SSSR count). The van der Waals surface area contributed by atoms with E-state index in [-0.39, 0.29) is 5.04 Å². The first-order valence-electron chi connectivity index (χ1n) is 7.18. The summed E-state index contributed by atoms with van der Waals surface area (Å²) in [5, 5.41) is 0.216. The third-order valence-corrected chi connectivity index (χ3v) is 10.7. The van der Waals surface area contributed by atoms with Crippen molar-refractivity contribution in [2.45, 2.75) is 77.4 Å². The van der Waals surface area contributed by atoms with E-state index in [4.69, 9.17) is 0 Å². The summed E-state index contributed by atoms with van der Waals surface area (Å²) in [5.74, 6) is 3.68. The average Bonchev–Trinajstić information content (AvgIpc) is 2.11. The van der Waals surface area contributed by atoms with Crippen LogP contribution in [0.25, 0.3) is 0 Å². The largest absolute Gasteiger partial charge is 0.365 e. The Morgan fingerprint density at radius 2 is 1.74 bits per heavy atom. The lowest BCUT2D eigenvalue weighted by molar-refractivity contribution is -0.138. The minimum absolute atomic E-state index is 0.216. The van der Waals surface area contributed by atoms with Crippen molar-refractivity contribution >= 4 is 22.2 Å². The van der Waals surface area contributed by atoms with Crippen LogP contribution in [0.4, 0.5) is 0 Å². The minimum atomic E-state index is -1.72. The topological polar surface area (TPSA) is 20.3 Å². The van der Waals surface area contributed by atoms with Gasteiger partial charge in [-0.3, -0.25) is 4.79 Å². The van der Waals surface area contributed by atoms with Crippen LogP contribution < -0.4 is 0 Å². The van der Waals surface area contributed by atoms with Crippen LogP contribution in [-0.4, -0.2) is 32.8 Å². The number of carbonyl (C=O) groups is 1. The molecule has 0 N–H and O–H groups in total. The zero-order valence-corrected chi connectivity index (χ0v) is 15.8. The van der Waals surface area contributed by atoms with Crippen molar-refractivity contribution in [3.05, 3.63) is 0 Å². The second-order valence-corrected chi connectivity index (χ2v) is 18.0. The monoisotopic (exact) mass is 295 g/mol. The van der Waals surface area contributed by atoms with Gasteiger partial charge in [-0.15, -0.1) is 11.5 Å². The van der Waals surface area contributed by atoms with E-state index in [1.54, 1.807) is 0 Å². The highest BCUT2D eigenvalue weighted by molar-refractivity contribution is 6.83. The summed E-state index contributed by atoms with van der Waals surface area (Å²) in [6.45, 7) is 18.2. The van der Waals surface area contributed by atoms with E-state index in [1.807, 2.05) is 0 Å². The number of hydrogen-bond donors (Lipinski definition) is 0. The maximum Gasteiger partial charge on any atom is 0.217 e. The molecule has 1 saturated heterocycles. The summed E-state index contributed by atoms with van der Waals surface area (Å²) >= 11 is 0. The molecule has 1 aliphatic heterocycles. The van der Waals surface area contributed by atoms with Crippen LogP contribution in [0, 0.1) is 11.5 Å². The van der Waals surface area contributed by atoms with Gasteiger partial charge < -0.3 is 4.57 Å². The second-order valence-electron chi connectivity index (χ2n) is 8.19. The summed E-state index contributed by atoms with van der Waals surface area (Å²) in [7, 11) is -3.00. The standard InChI is InChI=1S/C15H29NOSi2/c1-15(2,3)19(7,8)16-13(12-14(16)17)10-9-11-18(4,5)6/h13H,10,12H2,1-8H3. The first-order chi connectivity index (χ1) is 8.36. The van der Waals surface area contributed by atoms with E-state index >= 15 is 0 Å². The van der Waals surface area contributed by atoms with Gasteiger partial charge >= 0.3 is 0 Å². The molecule has 108 valence electrons. The molecule has 1 aliphatic rings. The maximum absolute atomic E-state index is 12.0. The van der Waals surface area contributed by atoms with Crippen molar-refractivity contribution in [3.8, 4) is 11.5 Å². The predicted octanol–water partition coefficient (Wildman–Crippen LogP) is 3.86. The molecule has 0 aromatic heterocycles. The molecule has 19 heavy (non-hydrogen) atoms. The third kappa shape index (κ3) is 3.73. The first-order valence-corrected chi connectivity index (χ1v) is 13.6. The van der Waals surface area contributed by atoms with E-state index in [1.165, 1.54) is 0 Å². The number of rotatable bonds is 2. The SMILES string of the molecule is CC(C)(C)[Si](C)(C)N1C(=O)CC1CC#C[Si](C)(C)C. The van der Waals surface area contributed by atoms with Crippen LogP contribution in [0.3, 0.4) is 0 Å². The van der Waals surface area contributed by atoms with Gasteiger partial charge in [0.2, 0.25) is 5.91 Å². The van der Waals surface area contributed by atoms with Gasteiger partial charge in [0.15, 0.2) is 8.24 Å². The lowest BCUT2D eigenvalue weighted by Gasteiger charge is -2.54. The lowest BCUT2D eigenvalue weighted by Crippen LogP contribution is -2.67. The fourth-order valence-electron chi connectivity index (χ4n) is 2.21. The molecule has 0 spiro atoms. The molecule has 1 fully saturated rings. The zero-order chi connectivity index (χ0) is 15.1. The summed E-state index contributed by atoms with van der Waals surface area (Å²) in [6.07, 6.45) is 1.56. The Labute approximate surface area is 121 Å². The number of β-lactam (4-membered cyclic amide) rings is 1. The fourth-order valence-corrected chi connectivity index (χ4v) is 5.37. The van der Waals surface area contributed by atoms with Crippen LogP contribution in [-0.2, 0) is 4.79 Å². The minimum Gasteiger partial charge on any atom is -0.365 e. The highest BCUT2D eigenvalue weighted by atomic mass is 28.3. The Bertz CT molecular complexity index is 418. The average molecular weight is 296 g/mol. The molecule has 0 bridgehead atoms. The van der Waals surface area contributed by atoms with Crippen LogP contribution in [0.5, 0.6) is 0 Å². The summed E-state index contributed by atoms with van der Waals surface area (Å²) < 4.78 is 2.20. The Hall–Kier alpha value is -0.536. The van der Waals surface area contributed by atoms with Gasteiger partial charge in [0.05, 0.1) is 0 Å². The fraction of sp³-hybridized carbons (Fsp3) is 0.800.